The standard InChI is InChI=1S/C14H22N2O7.C7H15NO4.CH4/c1-2-11(17)15-6-8-22-10-9-21-7-5-14(20)23-16-12(18)3-4-13(16)19;8-2-4-12-6-5-11-3-1-7(9)10;/h2-10H2,1H3,(H,15,17);1-6,8H2,(H,9,10);1H4. The Bertz CT molecular complexity index is 631. The lowest BCUT2D eigenvalue weighted by molar-refractivity contribution is -0.198. The minimum Gasteiger partial charge on any atom is -0.481 e. The molecule has 210 valence electrons. The number of amides is 3. The summed E-state index contributed by atoms with van der Waals surface area (Å²) >= 11 is 0. The first-order chi connectivity index (χ1) is 16.8. The predicted octanol–water partition coefficient (Wildman–Crippen LogP) is -0.368. The molecular weight excluding hydrogens is 482 g/mol. The van der Waals surface area contributed by atoms with Crippen LogP contribution in [0.15, 0.2) is 0 Å². The molecule has 0 aromatic heterocycles. The number of rotatable bonds is 19. The summed E-state index contributed by atoms with van der Waals surface area (Å²) in [5.41, 5.74) is 5.17. The summed E-state index contributed by atoms with van der Waals surface area (Å²) in [5.74, 6) is -2.59. The number of hydroxylamine groups is 2. The third kappa shape index (κ3) is 20.7. The number of carbonyl (C=O) groups excluding carboxylic acids is 4. The number of imide groups is 1. The maximum absolute atomic E-state index is 11.4. The van der Waals surface area contributed by atoms with Crippen molar-refractivity contribution in [1.29, 1.82) is 0 Å². The van der Waals surface area contributed by atoms with Crippen LogP contribution in [0.1, 0.15) is 46.5 Å². The number of hydrogen-bond donors (Lipinski definition) is 3. The van der Waals surface area contributed by atoms with Crippen LogP contribution in [-0.4, -0.2) is 106 Å². The molecule has 0 aromatic carbocycles. The van der Waals surface area contributed by atoms with Crippen molar-refractivity contribution in [2.75, 3.05) is 65.9 Å². The highest BCUT2D eigenvalue weighted by Crippen LogP contribution is 2.12. The number of aliphatic carboxylic acids is 1. The Kier molecular flexibility index (Phi) is 23.7. The summed E-state index contributed by atoms with van der Waals surface area (Å²) in [5, 5.41) is 11.4. The Morgan fingerprint density at radius 2 is 1.36 bits per heavy atom. The number of nitrogens with two attached hydrogens (primary N) is 1. The van der Waals surface area contributed by atoms with Gasteiger partial charge in [0.25, 0.3) is 11.8 Å². The molecule has 0 unspecified atom stereocenters. The van der Waals surface area contributed by atoms with Crippen LogP contribution in [0.5, 0.6) is 0 Å². The molecule has 36 heavy (non-hydrogen) atoms. The molecule has 0 spiro atoms. The molecular formula is C22H41N3O11. The van der Waals surface area contributed by atoms with E-state index < -0.39 is 23.8 Å². The second kappa shape index (κ2) is 24.1. The van der Waals surface area contributed by atoms with E-state index in [1.807, 2.05) is 0 Å². The highest BCUT2D eigenvalue weighted by atomic mass is 16.7. The minimum atomic E-state index is -0.849. The van der Waals surface area contributed by atoms with Gasteiger partial charge in [0.2, 0.25) is 5.91 Å². The molecule has 1 aliphatic rings. The summed E-state index contributed by atoms with van der Waals surface area (Å²) in [7, 11) is 0. The van der Waals surface area contributed by atoms with Crippen molar-refractivity contribution in [3.63, 3.8) is 0 Å². The van der Waals surface area contributed by atoms with Crippen molar-refractivity contribution >= 4 is 29.7 Å². The van der Waals surface area contributed by atoms with Gasteiger partial charge in [-0.25, -0.2) is 4.79 Å². The lowest BCUT2D eigenvalue weighted by Gasteiger charge is -2.12. The van der Waals surface area contributed by atoms with E-state index in [4.69, 9.17) is 29.8 Å². The fourth-order valence-corrected chi connectivity index (χ4v) is 2.24. The van der Waals surface area contributed by atoms with Crippen LogP contribution < -0.4 is 11.1 Å². The van der Waals surface area contributed by atoms with Crippen molar-refractivity contribution < 1.29 is 52.9 Å². The third-order valence-electron chi connectivity index (χ3n) is 4.01. The zero-order valence-electron chi connectivity index (χ0n) is 20.2. The summed E-state index contributed by atoms with van der Waals surface area (Å²) in [6.07, 6.45) is 0.547. The van der Waals surface area contributed by atoms with Gasteiger partial charge in [0.05, 0.1) is 65.7 Å². The van der Waals surface area contributed by atoms with Gasteiger partial charge >= 0.3 is 11.9 Å². The largest absolute Gasteiger partial charge is 0.481 e. The van der Waals surface area contributed by atoms with Gasteiger partial charge in [0, 0.05) is 32.4 Å². The molecule has 0 bridgehead atoms. The van der Waals surface area contributed by atoms with Gasteiger partial charge in [-0.1, -0.05) is 14.4 Å². The first-order valence-corrected chi connectivity index (χ1v) is 11.4. The van der Waals surface area contributed by atoms with Crippen LogP contribution in [0, 0.1) is 0 Å². The van der Waals surface area contributed by atoms with E-state index in [0.717, 1.165) is 0 Å². The number of nitrogens with one attached hydrogen (secondary N) is 1. The summed E-state index contributed by atoms with van der Waals surface area (Å²) < 4.78 is 20.3. The number of nitrogens with zero attached hydrogens (tertiary/aromatic N) is 1. The molecule has 0 atom stereocenters. The number of carbonyl (C=O) groups is 5. The molecule has 1 heterocycles. The third-order valence-corrected chi connectivity index (χ3v) is 4.01. The topological polar surface area (TPSA) is 193 Å². The number of hydrogen-bond acceptors (Lipinski definition) is 11. The van der Waals surface area contributed by atoms with Gasteiger partial charge in [-0.05, 0) is 0 Å². The van der Waals surface area contributed by atoms with Crippen LogP contribution in [0.25, 0.3) is 0 Å². The smallest absolute Gasteiger partial charge is 0.335 e. The Balaban J connectivity index is 0. The Morgan fingerprint density at radius 3 is 1.86 bits per heavy atom. The van der Waals surface area contributed by atoms with E-state index in [1.165, 1.54) is 0 Å². The van der Waals surface area contributed by atoms with Crippen molar-refractivity contribution in [2.24, 2.45) is 5.73 Å². The van der Waals surface area contributed by atoms with Crippen molar-refractivity contribution in [1.82, 2.24) is 10.4 Å². The first-order valence-electron chi connectivity index (χ1n) is 11.4. The van der Waals surface area contributed by atoms with Crippen LogP contribution in [0.4, 0.5) is 0 Å². The van der Waals surface area contributed by atoms with Gasteiger partial charge < -0.3 is 39.9 Å². The summed E-state index contributed by atoms with van der Waals surface area (Å²) in [6.45, 7) is 5.46. The van der Waals surface area contributed by atoms with Gasteiger partial charge in [-0.3, -0.25) is 19.2 Å². The molecule has 14 nitrogen and oxygen atoms in total. The monoisotopic (exact) mass is 523 g/mol. The van der Waals surface area contributed by atoms with E-state index in [1.54, 1.807) is 6.92 Å². The average Bonchev–Trinajstić information content (AvgIpc) is 3.14. The average molecular weight is 524 g/mol. The van der Waals surface area contributed by atoms with Crippen molar-refractivity contribution in [3.8, 4) is 0 Å². The van der Waals surface area contributed by atoms with E-state index in [-0.39, 0.29) is 58.8 Å². The maximum atomic E-state index is 11.4. The van der Waals surface area contributed by atoms with Crippen molar-refractivity contribution in [3.05, 3.63) is 0 Å². The lowest BCUT2D eigenvalue weighted by atomic mass is 10.4. The minimum absolute atomic E-state index is 0. The molecule has 1 rings (SSSR count). The Labute approximate surface area is 211 Å². The van der Waals surface area contributed by atoms with E-state index in [0.29, 0.717) is 57.6 Å². The van der Waals surface area contributed by atoms with Gasteiger partial charge in [-0.2, -0.15) is 0 Å². The highest BCUT2D eigenvalue weighted by Gasteiger charge is 2.32. The van der Waals surface area contributed by atoms with E-state index >= 15 is 0 Å². The van der Waals surface area contributed by atoms with Gasteiger partial charge in [0.15, 0.2) is 0 Å². The van der Waals surface area contributed by atoms with Crippen molar-refractivity contribution in [2.45, 2.75) is 46.5 Å². The summed E-state index contributed by atoms with van der Waals surface area (Å²) in [4.78, 5) is 59.5. The van der Waals surface area contributed by atoms with Gasteiger partial charge in [-0.15, -0.1) is 5.06 Å². The molecule has 1 aliphatic heterocycles. The van der Waals surface area contributed by atoms with Crippen LogP contribution in [0.3, 0.4) is 0 Å². The highest BCUT2D eigenvalue weighted by molar-refractivity contribution is 6.01. The predicted molar refractivity (Wildman–Crippen MR) is 126 cm³/mol. The van der Waals surface area contributed by atoms with Crippen LogP contribution >= 0.6 is 0 Å². The molecule has 14 heteroatoms. The van der Waals surface area contributed by atoms with Crippen LogP contribution in [-0.2, 0) is 47.8 Å². The molecule has 0 aliphatic carbocycles. The van der Waals surface area contributed by atoms with E-state index in [9.17, 15) is 24.0 Å². The maximum Gasteiger partial charge on any atom is 0.335 e. The lowest BCUT2D eigenvalue weighted by Crippen LogP contribution is -2.32. The number of carboxylic acid groups (broad SMARTS) is 1. The molecule has 0 radical (unpaired) electrons. The zero-order valence-corrected chi connectivity index (χ0v) is 20.2. The van der Waals surface area contributed by atoms with Gasteiger partial charge in [0.1, 0.15) is 0 Å². The van der Waals surface area contributed by atoms with E-state index in [2.05, 4.69) is 10.2 Å². The second-order valence-electron chi connectivity index (χ2n) is 6.88. The second-order valence-corrected chi connectivity index (χ2v) is 6.88. The molecule has 1 saturated heterocycles. The molecule has 0 saturated carbocycles. The normalized spacial score (nSPS) is 12.4. The van der Waals surface area contributed by atoms with Crippen LogP contribution in [0.2, 0.25) is 0 Å². The zero-order chi connectivity index (χ0) is 26.3. The Hall–Kier alpha value is -2.65. The number of ether oxygens (including phenoxy) is 4. The molecule has 4 N–H and O–H groups in total. The quantitative estimate of drug-likeness (QED) is 0.147. The molecule has 3 amide bonds. The first kappa shape index (κ1) is 35.5. The number of carboxylic acids is 1. The Morgan fingerprint density at radius 1 is 0.861 bits per heavy atom. The SMILES string of the molecule is C.CCC(=O)NCCOCCOCCC(=O)ON1C(=O)CCC1=O.NCCOCCOCCC(=O)O. The fourth-order valence-electron chi connectivity index (χ4n) is 2.24. The molecule has 0 aromatic rings. The molecule has 1 fully saturated rings. The summed E-state index contributed by atoms with van der Waals surface area (Å²) in [6, 6.07) is 0. The fraction of sp³-hybridized carbons (Fsp3) is 0.773.